The summed E-state index contributed by atoms with van der Waals surface area (Å²) in [6, 6.07) is 16.8. The number of anilines is 1. The zero-order chi connectivity index (χ0) is 17.9. The number of furan rings is 1. The summed E-state index contributed by atoms with van der Waals surface area (Å²) in [6.07, 6.45) is 0. The molecule has 0 spiro atoms. The molecule has 7 heteroatoms. The summed E-state index contributed by atoms with van der Waals surface area (Å²) in [5.41, 5.74) is 1.76. The van der Waals surface area contributed by atoms with Crippen LogP contribution in [0.3, 0.4) is 0 Å². The Balaban J connectivity index is 1.67. The first-order valence-electron chi connectivity index (χ1n) is 8.01. The first-order chi connectivity index (χ1) is 12.7. The van der Waals surface area contributed by atoms with Gasteiger partial charge in [0, 0.05) is 10.9 Å². The van der Waals surface area contributed by atoms with Gasteiger partial charge in [-0.15, -0.1) is 0 Å². The van der Waals surface area contributed by atoms with Gasteiger partial charge in [-0.05, 0) is 30.3 Å². The lowest BCUT2D eigenvalue weighted by Gasteiger charge is -2.07. The first-order valence-corrected chi connectivity index (χ1v) is 8.01. The molecule has 26 heavy (non-hydrogen) atoms. The van der Waals surface area contributed by atoms with Crippen molar-refractivity contribution in [2.75, 3.05) is 5.32 Å². The minimum Gasteiger partial charge on any atom is -0.489 e. The van der Waals surface area contributed by atoms with Gasteiger partial charge in [0.15, 0.2) is 5.76 Å². The predicted octanol–water partition coefficient (Wildman–Crippen LogP) is 3.96. The summed E-state index contributed by atoms with van der Waals surface area (Å²) in [4.78, 5) is 12.7. The van der Waals surface area contributed by atoms with Gasteiger partial charge in [0.1, 0.15) is 23.6 Å². The number of hydrogen-bond acceptors (Lipinski definition) is 6. The highest BCUT2D eigenvalue weighted by Crippen LogP contribution is 2.28. The van der Waals surface area contributed by atoms with E-state index >= 15 is 0 Å². The number of fused-ring (bicyclic) bond motifs is 1. The molecule has 4 aromatic rings. The lowest BCUT2D eigenvalue weighted by Crippen LogP contribution is -2.14. The van der Waals surface area contributed by atoms with Crippen LogP contribution in [0.5, 0.6) is 5.75 Å². The summed E-state index contributed by atoms with van der Waals surface area (Å²) < 4.78 is 16.2. The number of carbonyl (C=O) groups is 1. The standard InChI is InChI=1S/C19H15N3O4/c1-12-18(22-26-21-12)20-19(23)17-15(11-24-13-7-3-2-4-8-13)14-9-5-6-10-16(14)25-17/h2-10H,11H2,1H3,(H,20,22,23). The summed E-state index contributed by atoms with van der Waals surface area (Å²) in [6.45, 7) is 1.88. The molecule has 0 aliphatic heterocycles. The molecule has 0 unspecified atom stereocenters. The molecule has 0 saturated heterocycles. The largest absolute Gasteiger partial charge is 0.489 e. The molecule has 2 aromatic heterocycles. The second-order valence-electron chi connectivity index (χ2n) is 5.66. The maximum absolute atomic E-state index is 12.7. The molecular formula is C19H15N3O4. The normalized spacial score (nSPS) is 10.8. The van der Waals surface area contributed by atoms with Crippen molar-refractivity contribution in [3.8, 4) is 5.75 Å². The number of benzene rings is 2. The van der Waals surface area contributed by atoms with E-state index in [-0.39, 0.29) is 18.2 Å². The van der Waals surface area contributed by atoms with Gasteiger partial charge in [0.25, 0.3) is 5.91 Å². The van der Waals surface area contributed by atoms with Gasteiger partial charge in [-0.1, -0.05) is 41.6 Å². The van der Waals surface area contributed by atoms with Crippen LogP contribution in [-0.2, 0) is 6.61 Å². The Morgan fingerprint density at radius 1 is 1.08 bits per heavy atom. The van der Waals surface area contributed by atoms with Gasteiger partial charge in [-0.25, -0.2) is 4.63 Å². The molecule has 4 rings (SSSR count). The van der Waals surface area contributed by atoms with Crippen LogP contribution in [-0.4, -0.2) is 16.2 Å². The number of amides is 1. The topological polar surface area (TPSA) is 90.4 Å². The van der Waals surface area contributed by atoms with Crippen molar-refractivity contribution in [2.45, 2.75) is 13.5 Å². The Morgan fingerprint density at radius 2 is 1.85 bits per heavy atom. The van der Waals surface area contributed by atoms with E-state index in [4.69, 9.17) is 9.15 Å². The molecule has 0 aliphatic rings. The maximum Gasteiger partial charge on any atom is 0.293 e. The van der Waals surface area contributed by atoms with E-state index in [0.29, 0.717) is 22.6 Å². The van der Waals surface area contributed by atoms with Gasteiger partial charge in [0.2, 0.25) is 5.82 Å². The monoisotopic (exact) mass is 349 g/mol. The molecule has 0 atom stereocenters. The number of ether oxygens (including phenoxy) is 1. The highest BCUT2D eigenvalue weighted by Gasteiger charge is 2.22. The van der Waals surface area contributed by atoms with Crippen molar-refractivity contribution in [3.63, 3.8) is 0 Å². The molecule has 130 valence electrons. The fraction of sp³-hybridized carbons (Fsp3) is 0.105. The lowest BCUT2D eigenvalue weighted by atomic mass is 10.1. The molecular weight excluding hydrogens is 334 g/mol. The third kappa shape index (κ3) is 3.02. The Hall–Kier alpha value is -3.61. The maximum atomic E-state index is 12.7. The van der Waals surface area contributed by atoms with E-state index in [9.17, 15) is 4.79 Å². The Morgan fingerprint density at radius 3 is 2.62 bits per heavy atom. The molecule has 7 nitrogen and oxygen atoms in total. The van der Waals surface area contributed by atoms with Gasteiger partial charge >= 0.3 is 0 Å². The van der Waals surface area contributed by atoms with Crippen molar-refractivity contribution < 1.29 is 18.6 Å². The fourth-order valence-corrected chi connectivity index (χ4v) is 2.61. The van der Waals surface area contributed by atoms with Crippen LogP contribution >= 0.6 is 0 Å². The smallest absolute Gasteiger partial charge is 0.293 e. The van der Waals surface area contributed by atoms with Crippen LogP contribution in [0.15, 0.2) is 63.6 Å². The van der Waals surface area contributed by atoms with E-state index in [1.54, 1.807) is 13.0 Å². The first kappa shape index (κ1) is 15.9. The van der Waals surface area contributed by atoms with Gasteiger partial charge in [0.05, 0.1) is 0 Å². The van der Waals surface area contributed by atoms with Crippen LogP contribution in [0.2, 0.25) is 0 Å². The zero-order valence-corrected chi connectivity index (χ0v) is 13.9. The van der Waals surface area contributed by atoms with E-state index < -0.39 is 5.91 Å². The number of nitrogens with one attached hydrogen (secondary N) is 1. The third-order valence-corrected chi connectivity index (χ3v) is 3.92. The lowest BCUT2D eigenvalue weighted by molar-refractivity contribution is 0.0994. The van der Waals surface area contributed by atoms with Crippen molar-refractivity contribution in [1.29, 1.82) is 0 Å². The zero-order valence-electron chi connectivity index (χ0n) is 13.9. The number of nitrogens with zero attached hydrogens (tertiary/aromatic N) is 2. The Labute approximate surface area is 148 Å². The van der Waals surface area contributed by atoms with Gasteiger partial charge in [-0.2, -0.15) is 0 Å². The van der Waals surface area contributed by atoms with E-state index in [2.05, 4.69) is 20.3 Å². The average molecular weight is 349 g/mol. The van der Waals surface area contributed by atoms with Crippen LogP contribution in [0.1, 0.15) is 21.8 Å². The SMILES string of the molecule is Cc1nonc1NC(=O)c1oc2ccccc2c1COc1ccccc1. The van der Waals surface area contributed by atoms with E-state index in [1.165, 1.54) is 0 Å². The minimum absolute atomic E-state index is 0.171. The van der Waals surface area contributed by atoms with Crippen LogP contribution in [0.25, 0.3) is 11.0 Å². The number of rotatable bonds is 5. The number of aryl methyl sites for hydroxylation is 1. The average Bonchev–Trinajstić information content (AvgIpc) is 3.24. The number of hydrogen-bond donors (Lipinski definition) is 1. The Kier molecular flexibility index (Phi) is 4.10. The quantitative estimate of drug-likeness (QED) is 0.586. The second kappa shape index (κ2) is 6.72. The minimum atomic E-state index is -0.438. The van der Waals surface area contributed by atoms with Crippen molar-refractivity contribution in [1.82, 2.24) is 10.3 Å². The number of aromatic nitrogens is 2. The van der Waals surface area contributed by atoms with Gasteiger partial charge < -0.3 is 9.15 Å². The molecule has 2 heterocycles. The van der Waals surface area contributed by atoms with Crippen LogP contribution < -0.4 is 10.1 Å². The molecule has 2 aromatic carbocycles. The summed E-state index contributed by atoms with van der Waals surface area (Å²) in [7, 11) is 0. The second-order valence-corrected chi connectivity index (χ2v) is 5.66. The van der Waals surface area contributed by atoms with Crippen LogP contribution in [0, 0.1) is 6.92 Å². The third-order valence-electron chi connectivity index (χ3n) is 3.92. The molecule has 0 bridgehead atoms. The summed E-state index contributed by atoms with van der Waals surface area (Å²) in [5, 5.41) is 10.8. The summed E-state index contributed by atoms with van der Waals surface area (Å²) >= 11 is 0. The molecule has 1 amide bonds. The van der Waals surface area contributed by atoms with Crippen LogP contribution in [0.4, 0.5) is 5.82 Å². The predicted molar refractivity (Wildman–Crippen MR) is 94.0 cm³/mol. The van der Waals surface area contributed by atoms with Crippen molar-refractivity contribution in [3.05, 3.63) is 71.6 Å². The molecule has 0 saturated carbocycles. The highest BCUT2D eigenvalue weighted by molar-refractivity contribution is 6.06. The number of para-hydroxylation sites is 2. The molecule has 0 radical (unpaired) electrons. The van der Waals surface area contributed by atoms with Gasteiger partial charge in [-0.3, -0.25) is 10.1 Å². The number of carbonyl (C=O) groups excluding carboxylic acids is 1. The fourth-order valence-electron chi connectivity index (χ4n) is 2.61. The Bertz CT molecular complexity index is 1050. The summed E-state index contributed by atoms with van der Waals surface area (Å²) in [5.74, 6) is 0.697. The molecule has 1 N–H and O–H groups in total. The molecule has 0 aliphatic carbocycles. The van der Waals surface area contributed by atoms with Crippen molar-refractivity contribution >= 4 is 22.7 Å². The molecule has 0 fully saturated rings. The highest BCUT2D eigenvalue weighted by atomic mass is 16.6. The van der Waals surface area contributed by atoms with E-state index in [1.807, 2.05) is 48.5 Å². The van der Waals surface area contributed by atoms with Crippen molar-refractivity contribution in [2.24, 2.45) is 0 Å². The van der Waals surface area contributed by atoms with E-state index in [0.717, 1.165) is 5.39 Å².